The lowest BCUT2D eigenvalue weighted by Gasteiger charge is -2.12. The van der Waals surface area contributed by atoms with E-state index in [0.29, 0.717) is 6.54 Å². The van der Waals surface area contributed by atoms with Crippen LogP contribution in [0.15, 0.2) is 18.2 Å². The lowest BCUT2D eigenvalue weighted by atomic mass is 10.1. The van der Waals surface area contributed by atoms with Crippen molar-refractivity contribution < 1.29 is 0 Å². The maximum absolute atomic E-state index is 6.03. The molecule has 1 aromatic rings. The summed E-state index contributed by atoms with van der Waals surface area (Å²) in [4.78, 5) is 0. The second-order valence-corrected chi connectivity index (χ2v) is 3.20. The highest BCUT2D eigenvalue weighted by molar-refractivity contribution is 6.32. The summed E-state index contributed by atoms with van der Waals surface area (Å²) in [5.74, 6) is 0. The van der Waals surface area contributed by atoms with Crippen LogP contribution in [0.4, 0.5) is 0 Å². The van der Waals surface area contributed by atoms with E-state index < -0.39 is 0 Å². The van der Waals surface area contributed by atoms with Crippen LogP contribution in [0.5, 0.6) is 0 Å². The van der Waals surface area contributed by atoms with Crippen molar-refractivity contribution in [1.29, 1.82) is 0 Å². The van der Waals surface area contributed by atoms with Crippen molar-refractivity contribution in [2.24, 2.45) is 11.5 Å². The Morgan fingerprint density at radius 3 is 2.75 bits per heavy atom. The van der Waals surface area contributed by atoms with E-state index in [1.54, 1.807) is 0 Å². The summed E-state index contributed by atoms with van der Waals surface area (Å²) in [7, 11) is 0. The summed E-state index contributed by atoms with van der Waals surface area (Å²) >= 11 is 6.03. The number of hydrogen-bond donors (Lipinski definition) is 2. The fourth-order valence-corrected chi connectivity index (χ4v) is 1.35. The second kappa shape index (κ2) is 3.90. The summed E-state index contributed by atoms with van der Waals surface area (Å²) in [5, 5.41) is 0.732. The third-order valence-corrected chi connectivity index (χ3v) is 2.39. The maximum atomic E-state index is 6.03. The predicted molar refractivity (Wildman–Crippen MR) is 52.2 cm³/mol. The van der Waals surface area contributed by atoms with Gasteiger partial charge in [0.1, 0.15) is 0 Å². The van der Waals surface area contributed by atoms with E-state index >= 15 is 0 Å². The zero-order valence-corrected chi connectivity index (χ0v) is 7.81. The van der Waals surface area contributed by atoms with Crippen molar-refractivity contribution in [2.45, 2.75) is 13.0 Å². The van der Waals surface area contributed by atoms with E-state index in [1.807, 2.05) is 25.1 Å². The van der Waals surface area contributed by atoms with Gasteiger partial charge in [0, 0.05) is 17.6 Å². The molecule has 0 aromatic heterocycles. The minimum absolute atomic E-state index is 0.155. The molecule has 1 aromatic carbocycles. The van der Waals surface area contributed by atoms with Gasteiger partial charge in [-0.25, -0.2) is 0 Å². The molecular formula is C9H13ClN2. The second-order valence-electron chi connectivity index (χ2n) is 2.82. The highest BCUT2D eigenvalue weighted by Gasteiger charge is 2.08. The first kappa shape index (κ1) is 9.52. The third-order valence-electron chi connectivity index (χ3n) is 1.88. The lowest BCUT2D eigenvalue weighted by molar-refractivity contribution is 0.736. The summed E-state index contributed by atoms with van der Waals surface area (Å²) in [6, 6.07) is 5.64. The number of nitrogens with two attached hydrogens (primary N) is 2. The molecule has 0 aliphatic carbocycles. The summed E-state index contributed by atoms with van der Waals surface area (Å²) in [6.07, 6.45) is 0. The minimum atomic E-state index is -0.155. The van der Waals surface area contributed by atoms with Crippen LogP contribution in [-0.4, -0.2) is 6.54 Å². The van der Waals surface area contributed by atoms with E-state index in [2.05, 4.69) is 0 Å². The van der Waals surface area contributed by atoms with Gasteiger partial charge in [0.2, 0.25) is 0 Å². The van der Waals surface area contributed by atoms with Crippen LogP contribution >= 0.6 is 11.6 Å². The van der Waals surface area contributed by atoms with Crippen molar-refractivity contribution in [2.75, 3.05) is 6.54 Å². The van der Waals surface area contributed by atoms with E-state index in [4.69, 9.17) is 23.1 Å². The van der Waals surface area contributed by atoms with Crippen molar-refractivity contribution in [3.8, 4) is 0 Å². The van der Waals surface area contributed by atoms with E-state index in [9.17, 15) is 0 Å². The summed E-state index contributed by atoms with van der Waals surface area (Å²) < 4.78 is 0. The Bertz CT molecular complexity index is 273. The van der Waals surface area contributed by atoms with Crippen molar-refractivity contribution >= 4 is 11.6 Å². The molecule has 2 nitrogen and oxygen atoms in total. The Balaban J connectivity index is 3.07. The fourth-order valence-electron chi connectivity index (χ4n) is 1.08. The maximum Gasteiger partial charge on any atom is 0.0483 e. The molecule has 3 heteroatoms. The van der Waals surface area contributed by atoms with Gasteiger partial charge >= 0.3 is 0 Å². The molecule has 1 rings (SSSR count). The van der Waals surface area contributed by atoms with E-state index in [1.165, 1.54) is 0 Å². The van der Waals surface area contributed by atoms with Gasteiger partial charge in [0.25, 0.3) is 0 Å². The zero-order valence-electron chi connectivity index (χ0n) is 7.05. The molecule has 0 aliphatic rings. The Hall–Kier alpha value is -0.570. The number of benzene rings is 1. The lowest BCUT2D eigenvalue weighted by Crippen LogP contribution is -2.21. The molecule has 0 amide bonds. The molecule has 1 atom stereocenters. The largest absolute Gasteiger partial charge is 0.329 e. The normalized spacial score (nSPS) is 13.0. The van der Waals surface area contributed by atoms with E-state index in [0.717, 1.165) is 16.1 Å². The van der Waals surface area contributed by atoms with Gasteiger partial charge in [-0.15, -0.1) is 0 Å². The van der Waals surface area contributed by atoms with Gasteiger partial charge in [-0.05, 0) is 18.1 Å². The van der Waals surface area contributed by atoms with Crippen molar-refractivity contribution in [3.63, 3.8) is 0 Å². The first-order chi connectivity index (χ1) is 5.66. The first-order valence-corrected chi connectivity index (χ1v) is 4.25. The van der Waals surface area contributed by atoms with Crippen LogP contribution in [0.25, 0.3) is 0 Å². The highest BCUT2D eigenvalue weighted by Crippen LogP contribution is 2.24. The van der Waals surface area contributed by atoms with Crippen LogP contribution in [0.1, 0.15) is 17.2 Å². The Labute approximate surface area is 77.5 Å². The molecule has 4 N–H and O–H groups in total. The Morgan fingerprint density at radius 1 is 1.50 bits per heavy atom. The molecule has 0 unspecified atom stereocenters. The standard InChI is InChI=1S/C9H13ClN2/c1-6-3-2-4-7(9(6)10)8(12)5-11/h2-4,8H,5,11-12H2,1H3/t8-/m0/s1. The molecule has 0 heterocycles. The number of hydrogen-bond acceptors (Lipinski definition) is 2. The molecular weight excluding hydrogens is 172 g/mol. The van der Waals surface area contributed by atoms with Gasteiger partial charge in [0.05, 0.1) is 0 Å². The molecule has 0 bridgehead atoms. The van der Waals surface area contributed by atoms with Gasteiger partial charge in [-0.2, -0.15) is 0 Å². The van der Waals surface area contributed by atoms with Crippen LogP contribution in [-0.2, 0) is 0 Å². The Morgan fingerprint density at radius 2 is 2.17 bits per heavy atom. The molecule has 0 radical (unpaired) electrons. The average molecular weight is 185 g/mol. The topological polar surface area (TPSA) is 52.0 Å². The van der Waals surface area contributed by atoms with Crippen LogP contribution in [0, 0.1) is 6.92 Å². The fraction of sp³-hybridized carbons (Fsp3) is 0.333. The Kier molecular flexibility index (Phi) is 3.09. The number of halogens is 1. The van der Waals surface area contributed by atoms with Crippen molar-refractivity contribution in [3.05, 3.63) is 34.3 Å². The number of aryl methyl sites for hydroxylation is 1. The van der Waals surface area contributed by atoms with Crippen LogP contribution in [0.2, 0.25) is 5.02 Å². The average Bonchev–Trinajstić information content (AvgIpc) is 2.08. The molecule has 0 aliphatic heterocycles. The summed E-state index contributed by atoms with van der Waals surface area (Å²) in [5.41, 5.74) is 13.2. The molecule has 12 heavy (non-hydrogen) atoms. The van der Waals surface area contributed by atoms with Gasteiger partial charge in [0.15, 0.2) is 0 Å². The SMILES string of the molecule is Cc1cccc([C@@H](N)CN)c1Cl. The first-order valence-electron chi connectivity index (χ1n) is 3.87. The molecule has 0 spiro atoms. The van der Waals surface area contributed by atoms with E-state index in [-0.39, 0.29) is 6.04 Å². The quantitative estimate of drug-likeness (QED) is 0.734. The highest BCUT2D eigenvalue weighted by atomic mass is 35.5. The summed E-state index contributed by atoms with van der Waals surface area (Å²) in [6.45, 7) is 2.37. The number of rotatable bonds is 2. The minimum Gasteiger partial charge on any atom is -0.329 e. The monoisotopic (exact) mass is 184 g/mol. The molecule has 0 saturated carbocycles. The molecule has 66 valence electrons. The molecule has 0 saturated heterocycles. The van der Waals surface area contributed by atoms with Gasteiger partial charge in [-0.1, -0.05) is 29.8 Å². The zero-order chi connectivity index (χ0) is 9.14. The van der Waals surface area contributed by atoms with Gasteiger partial charge in [-0.3, -0.25) is 0 Å². The van der Waals surface area contributed by atoms with Gasteiger partial charge < -0.3 is 11.5 Å². The predicted octanol–water partition coefficient (Wildman–Crippen LogP) is 1.61. The third kappa shape index (κ3) is 1.78. The smallest absolute Gasteiger partial charge is 0.0483 e. The van der Waals surface area contributed by atoms with Crippen LogP contribution in [0.3, 0.4) is 0 Å². The molecule has 0 fully saturated rings. The van der Waals surface area contributed by atoms with Crippen LogP contribution < -0.4 is 11.5 Å². The van der Waals surface area contributed by atoms with Crippen molar-refractivity contribution in [1.82, 2.24) is 0 Å².